The van der Waals surface area contributed by atoms with E-state index in [1.54, 1.807) is 0 Å². The number of hydrogen-bond acceptors (Lipinski definition) is 3. The number of aryl methyl sites for hydroxylation is 2. The number of hydrogen-bond donors (Lipinski definition) is 1. The average molecular weight is 290 g/mol. The zero-order valence-corrected chi connectivity index (χ0v) is 12.6. The van der Waals surface area contributed by atoms with Gasteiger partial charge >= 0.3 is 8.60 Å². The molecule has 0 saturated heterocycles. The molecule has 0 aliphatic carbocycles. The summed E-state index contributed by atoms with van der Waals surface area (Å²) < 4.78 is 11.1. The van der Waals surface area contributed by atoms with Gasteiger partial charge in [0.25, 0.3) is 0 Å². The maximum Gasteiger partial charge on any atom is 0.460 e. The monoisotopic (exact) mass is 290 g/mol. The highest BCUT2D eigenvalue weighted by Gasteiger charge is 2.14. The van der Waals surface area contributed by atoms with Crippen LogP contribution in [-0.2, 0) is 12.8 Å². The molecule has 0 fully saturated rings. The molecule has 106 valence electrons. The molecule has 20 heavy (non-hydrogen) atoms. The molecular formula is C16H19O3P. The molecule has 0 aliphatic heterocycles. The van der Waals surface area contributed by atoms with Crippen LogP contribution in [0.5, 0.6) is 11.5 Å². The maximum absolute atomic E-state index is 10.0. The fourth-order valence-corrected chi connectivity index (χ4v) is 2.69. The van der Waals surface area contributed by atoms with Crippen LogP contribution in [0.25, 0.3) is 0 Å². The highest BCUT2D eigenvalue weighted by Crippen LogP contribution is 2.39. The van der Waals surface area contributed by atoms with E-state index < -0.39 is 8.60 Å². The summed E-state index contributed by atoms with van der Waals surface area (Å²) in [4.78, 5) is 10.0. The van der Waals surface area contributed by atoms with E-state index >= 15 is 0 Å². The topological polar surface area (TPSA) is 38.7 Å². The lowest BCUT2D eigenvalue weighted by Gasteiger charge is -2.16. The molecule has 4 heteroatoms. The molecular weight excluding hydrogens is 271 g/mol. The first-order valence-corrected chi connectivity index (χ1v) is 7.88. The SMILES string of the molecule is CCc1ccccc1OP(O)Oc1ccccc1CC. The second-order valence-corrected chi connectivity index (χ2v) is 5.18. The Morgan fingerprint density at radius 3 is 1.60 bits per heavy atom. The molecule has 0 radical (unpaired) electrons. The van der Waals surface area contributed by atoms with E-state index in [1.165, 1.54) is 0 Å². The summed E-state index contributed by atoms with van der Waals surface area (Å²) in [6, 6.07) is 15.3. The van der Waals surface area contributed by atoms with Gasteiger partial charge in [0, 0.05) is 0 Å². The minimum Gasteiger partial charge on any atom is -0.418 e. The Labute approximate surface area is 121 Å². The summed E-state index contributed by atoms with van der Waals surface area (Å²) in [5.74, 6) is 1.36. The zero-order chi connectivity index (χ0) is 14.4. The van der Waals surface area contributed by atoms with Crippen LogP contribution < -0.4 is 9.05 Å². The second-order valence-electron chi connectivity index (χ2n) is 4.34. The van der Waals surface area contributed by atoms with Gasteiger partial charge in [-0.05, 0) is 36.1 Å². The molecule has 0 aromatic heterocycles. The van der Waals surface area contributed by atoms with Gasteiger partial charge < -0.3 is 13.9 Å². The molecule has 0 amide bonds. The molecule has 0 unspecified atom stereocenters. The summed E-state index contributed by atoms with van der Waals surface area (Å²) in [6.07, 6.45) is 1.70. The first-order chi connectivity index (χ1) is 9.74. The summed E-state index contributed by atoms with van der Waals surface area (Å²) in [5.41, 5.74) is 2.11. The van der Waals surface area contributed by atoms with Crippen LogP contribution in [0.15, 0.2) is 48.5 Å². The second kappa shape index (κ2) is 7.28. The summed E-state index contributed by atoms with van der Waals surface area (Å²) >= 11 is 0. The van der Waals surface area contributed by atoms with Gasteiger partial charge in [0.15, 0.2) is 0 Å². The van der Waals surface area contributed by atoms with Crippen molar-refractivity contribution >= 4 is 8.60 Å². The first kappa shape index (κ1) is 14.8. The number of rotatable bonds is 6. The van der Waals surface area contributed by atoms with Crippen LogP contribution in [-0.4, -0.2) is 4.89 Å². The van der Waals surface area contributed by atoms with Gasteiger partial charge in [-0.15, -0.1) is 0 Å². The molecule has 2 aromatic carbocycles. The Morgan fingerprint density at radius 2 is 1.20 bits per heavy atom. The third kappa shape index (κ3) is 3.72. The van der Waals surface area contributed by atoms with Crippen LogP contribution >= 0.6 is 8.60 Å². The molecule has 3 nitrogen and oxygen atoms in total. The van der Waals surface area contributed by atoms with E-state index in [-0.39, 0.29) is 0 Å². The van der Waals surface area contributed by atoms with Crippen molar-refractivity contribution in [3.63, 3.8) is 0 Å². The van der Waals surface area contributed by atoms with Gasteiger partial charge in [-0.25, -0.2) is 0 Å². The van der Waals surface area contributed by atoms with Crippen molar-refractivity contribution in [3.05, 3.63) is 59.7 Å². The van der Waals surface area contributed by atoms with Gasteiger partial charge in [0.1, 0.15) is 11.5 Å². The fourth-order valence-electron chi connectivity index (χ4n) is 1.96. The Morgan fingerprint density at radius 1 is 0.800 bits per heavy atom. The normalized spacial score (nSPS) is 10.6. The molecule has 2 aromatic rings. The van der Waals surface area contributed by atoms with Crippen LogP contribution in [0.3, 0.4) is 0 Å². The van der Waals surface area contributed by atoms with Gasteiger partial charge in [-0.3, -0.25) is 0 Å². The van der Waals surface area contributed by atoms with Crippen molar-refractivity contribution in [3.8, 4) is 11.5 Å². The Balaban J connectivity index is 2.07. The highest BCUT2D eigenvalue weighted by molar-refractivity contribution is 7.41. The predicted octanol–water partition coefficient (Wildman–Crippen LogP) is 4.49. The van der Waals surface area contributed by atoms with E-state index in [1.807, 2.05) is 48.5 Å². The van der Waals surface area contributed by atoms with Gasteiger partial charge in [0.05, 0.1) is 0 Å². The van der Waals surface area contributed by atoms with E-state index in [0.29, 0.717) is 11.5 Å². The van der Waals surface area contributed by atoms with Gasteiger partial charge in [0.2, 0.25) is 0 Å². The van der Waals surface area contributed by atoms with Crippen molar-refractivity contribution in [2.45, 2.75) is 26.7 Å². The largest absolute Gasteiger partial charge is 0.460 e. The lowest BCUT2D eigenvalue weighted by atomic mass is 10.1. The maximum atomic E-state index is 10.0. The average Bonchev–Trinajstić information content (AvgIpc) is 2.48. The molecule has 1 N–H and O–H groups in total. The van der Waals surface area contributed by atoms with E-state index in [2.05, 4.69) is 13.8 Å². The van der Waals surface area contributed by atoms with Crippen LogP contribution in [0.2, 0.25) is 0 Å². The molecule has 0 spiro atoms. The molecule has 0 atom stereocenters. The summed E-state index contributed by atoms with van der Waals surface area (Å²) in [6.45, 7) is 4.10. The number of para-hydroxylation sites is 2. The molecule has 2 rings (SSSR count). The van der Waals surface area contributed by atoms with Crippen molar-refractivity contribution in [2.24, 2.45) is 0 Å². The van der Waals surface area contributed by atoms with Crippen molar-refractivity contribution in [2.75, 3.05) is 0 Å². The number of benzene rings is 2. The first-order valence-electron chi connectivity index (χ1n) is 6.75. The van der Waals surface area contributed by atoms with Gasteiger partial charge in [-0.2, -0.15) is 0 Å². The molecule has 0 heterocycles. The van der Waals surface area contributed by atoms with Crippen LogP contribution in [0.1, 0.15) is 25.0 Å². The quantitative estimate of drug-likeness (QED) is 0.797. The summed E-state index contributed by atoms with van der Waals surface area (Å²) in [5, 5.41) is 0. The minimum atomic E-state index is -1.98. The van der Waals surface area contributed by atoms with E-state index in [4.69, 9.17) is 9.05 Å². The van der Waals surface area contributed by atoms with Crippen molar-refractivity contribution < 1.29 is 13.9 Å². The Hall–Kier alpha value is -1.57. The lowest BCUT2D eigenvalue weighted by Crippen LogP contribution is -1.98. The van der Waals surface area contributed by atoms with E-state index in [9.17, 15) is 4.89 Å². The van der Waals surface area contributed by atoms with Crippen LogP contribution in [0.4, 0.5) is 0 Å². The third-order valence-corrected chi connectivity index (χ3v) is 3.77. The molecule has 0 aliphatic rings. The van der Waals surface area contributed by atoms with Crippen molar-refractivity contribution in [1.29, 1.82) is 0 Å². The standard InChI is InChI=1S/C16H19O3P/c1-3-13-9-5-7-11-15(13)18-20(17)19-16-12-8-6-10-14(16)4-2/h5-12,17H,3-4H2,1-2H3. The smallest absolute Gasteiger partial charge is 0.418 e. The third-order valence-electron chi connectivity index (χ3n) is 3.06. The fraction of sp³-hybridized carbons (Fsp3) is 0.250. The van der Waals surface area contributed by atoms with Crippen LogP contribution in [0, 0.1) is 0 Å². The Bertz CT molecular complexity index is 507. The Kier molecular flexibility index (Phi) is 5.40. The van der Waals surface area contributed by atoms with Crippen molar-refractivity contribution in [1.82, 2.24) is 0 Å². The van der Waals surface area contributed by atoms with E-state index in [0.717, 1.165) is 24.0 Å². The lowest BCUT2D eigenvalue weighted by molar-refractivity contribution is 0.378. The minimum absolute atomic E-state index is 0.678. The highest BCUT2D eigenvalue weighted by atomic mass is 31.2. The summed E-state index contributed by atoms with van der Waals surface area (Å²) in [7, 11) is -1.98. The zero-order valence-electron chi connectivity index (χ0n) is 11.7. The predicted molar refractivity (Wildman–Crippen MR) is 82.0 cm³/mol. The molecule has 0 saturated carbocycles. The molecule has 0 bridgehead atoms. The van der Waals surface area contributed by atoms with Gasteiger partial charge in [-0.1, -0.05) is 50.2 Å².